The highest BCUT2D eigenvalue weighted by Crippen LogP contribution is 2.46. The zero-order chi connectivity index (χ0) is 19.6. The monoisotopic (exact) mass is 384 g/mol. The molecular weight excluding hydrogens is 360 g/mol. The number of nitrogens with two attached hydrogens (primary N) is 1. The van der Waals surface area contributed by atoms with Gasteiger partial charge in [-0.25, -0.2) is 4.98 Å². The van der Waals surface area contributed by atoms with Crippen LogP contribution in [0.5, 0.6) is 0 Å². The Hall–Kier alpha value is -2.99. The van der Waals surface area contributed by atoms with Crippen molar-refractivity contribution in [2.45, 2.75) is 37.1 Å². The molecule has 29 heavy (non-hydrogen) atoms. The first-order valence-electron chi connectivity index (χ1n) is 10.3. The normalized spacial score (nSPS) is 20.5. The van der Waals surface area contributed by atoms with Gasteiger partial charge in [0.2, 0.25) is 0 Å². The molecule has 0 amide bonds. The smallest absolute Gasteiger partial charge is 0.0944 e. The third kappa shape index (κ3) is 2.86. The van der Waals surface area contributed by atoms with E-state index in [0.29, 0.717) is 17.1 Å². The maximum Gasteiger partial charge on any atom is 0.0944 e. The summed E-state index contributed by atoms with van der Waals surface area (Å²) in [4.78, 5) is 9.83. The maximum absolute atomic E-state index is 6.31. The Labute approximate surface area is 169 Å². The molecule has 1 saturated heterocycles. The third-order valence-corrected chi connectivity index (χ3v) is 6.53. The third-order valence-electron chi connectivity index (χ3n) is 6.53. The minimum atomic E-state index is 0.407. The minimum Gasteiger partial charge on any atom is -0.398 e. The molecule has 1 spiro atoms. The van der Waals surface area contributed by atoms with Gasteiger partial charge < -0.3 is 11.1 Å². The standard InChI is InChI=1S/C23H24N6/c1-29-13-15-10-16(17(24)11-22(15)28-29)19-3-5-20-21(27-19)4-2-18(26-20)14-6-9-25-23(12-14)7-8-23/h2-5,10-11,13-14,25H,6-9,12,24H2,1H3. The van der Waals surface area contributed by atoms with Gasteiger partial charge in [-0.1, -0.05) is 0 Å². The van der Waals surface area contributed by atoms with Crippen LogP contribution >= 0.6 is 0 Å². The van der Waals surface area contributed by atoms with Crippen LogP contribution in [0.25, 0.3) is 33.2 Å². The van der Waals surface area contributed by atoms with Crippen molar-refractivity contribution in [2.75, 3.05) is 12.3 Å². The molecule has 1 aromatic carbocycles. The molecule has 1 unspecified atom stereocenters. The number of anilines is 1. The number of hydrogen-bond donors (Lipinski definition) is 2. The summed E-state index contributed by atoms with van der Waals surface area (Å²) in [6, 6.07) is 12.4. The van der Waals surface area contributed by atoms with Crippen LogP contribution in [0.1, 0.15) is 37.3 Å². The Morgan fingerprint density at radius 1 is 1.07 bits per heavy atom. The summed E-state index contributed by atoms with van der Waals surface area (Å²) in [5, 5.41) is 9.18. The van der Waals surface area contributed by atoms with Crippen LogP contribution in [0, 0.1) is 0 Å². The van der Waals surface area contributed by atoms with Crippen molar-refractivity contribution in [2.24, 2.45) is 7.05 Å². The van der Waals surface area contributed by atoms with E-state index in [0.717, 1.165) is 46.2 Å². The zero-order valence-electron chi connectivity index (χ0n) is 16.5. The second-order valence-electron chi connectivity index (χ2n) is 8.67. The number of nitrogens with zero attached hydrogens (tertiary/aromatic N) is 4. The highest BCUT2D eigenvalue weighted by Gasteiger charge is 2.46. The van der Waals surface area contributed by atoms with E-state index in [2.05, 4.69) is 34.7 Å². The van der Waals surface area contributed by atoms with Gasteiger partial charge in [-0.15, -0.1) is 0 Å². The summed E-state index contributed by atoms with van der Waals surface area (Å²) in [5.74, 6) is 0.548. The van der Waals surface area contributed by atoms with Crippen molar-refractivity contribution in [1.29, 1.82) is 0 Å². The number of nitrogen functional groups attached to an aromatic ring is 1. The fourth-order valence-corrected chi connectivity index (χ4v) is 4.78. The SMILES string of the molecule is Cn1cc2cc(-c3ccc4nc(C5CCNC6(CC6)C5)ccc4n3)c(N)cc2n1. The van der Waals surface area contributed by atoms with E-state index >= 15 is 0 Å². The molecule has 2 aliphatic rings. The van der Waals surface area contributed by atoms with Gasteiger partial charge in [0.25, 0.3) is 0 Å². The number of fused-ring (bicyclic) bond motifs is 2. The van der Waals surface area contributed by atoms with Gasteiger partial charge in [-0.2, -0.15) is 5.10 Å². The highest BCUT2D eigenvalue weighted by atomic mass is 15.2. The van der Waals surface area contributed by atoms with Crippen molar-refractivity contribution in [3.8, 4) is 11.3 Å². The second-order valence-corrected chi connectivity index (χ2v) is 8.67. The summed E-state index contributed by atoms with van der Waals surface area (Å²) in [5.41, 5.74) is 13.2. The van der Waals surface area contributed by atoms with E-state index in [-0.39, 0.29) is 0 Å². The Morgan fingerprint density at radius 2 is 1.90 bits per heavy atom. The minimum absolute atomic E-state index is 0.407. The van der Waals surface area contributed by atoms with Gasteiger partial charge in [-0.3, -0.25) is 9.67 Å². The number of aryl methyl sites for hydroxylation is 1. The van der Waals surface area contributed by atoms with Crippen LogP contribution in [-0.2, 0) is 7.05 Å². The molecule has 2 fully saturated rings. The number of nitrogens with one attached hydrogen (secondary N) is 1. The Kier molecular flexibility index (Phi) is 3.50. The fraction of sp³-hybridized carbons (Fsp3) is 0.348. The number of hydrogen-bond acceptors (Lipinski definition) is 5. The lowest BCUT2D eigenvalue weighted by molar-refractivity contribution is 0.342. The molecule has 4 aromatic rings. The lowest BCUT2D eigenvalue weighted by Crippen LogP contribution is -2.39. The molecule has 6 rings (SSSR count). The Bertz CT molecular complexity index is 1250. The van der Waals surface area contributed by atoms with Crippen molar-refractivity contribution >= 4 is 27.6 Å². The molecule has 6 nitrogen and oxygen atoms in total. The van der Waals surface area contributed by atoms with Crippen LogP contribution in [0.4, 0.5) is 5.69 Å². The predicted octanol–water partition coefficient (Wildman–Crippen LogP) is 3.77. The van der Waals surface area contributed by atoms with E-state index in [1.807, 2.05) is 25.4 Å². The van der Waals surface area contributed by atoms with Crippen LogP contribution in [0.2, 0.25) is 0 Å². The summed E-state index contributed by atoms with van der Waals surface area (Å²) in [6.07, 6.45) is 6.99. The zero-order valence-corrected chi connectivity index (χ0v) is 16.5. The molecular formula is C23H24N6. The van der Waals surface area contributed by atoms with Gasteiger partial charge >= 0.3 is 0 Å². The molecule has 1 aliphatic heterocycles. The van der Waals surface area contributed by atoms with Crippen molar-refractivity contribution in [1.82, 2.24) is 25.1 Å². The first-order valence-corrected chi connectivity index (χ1v) is 10.3. The van der Waals surface area contributed by atoms with E-state index in [1.54, 1.807) is 4.68 Å². The number of benzene rings is 1. The number of piperidine rings is 1. The molecule has 1 atom stereocenters. The second kappa shape index (κ2) is 6.00. The van der Waals surface area contributed by atoms with Gasteiger partial charge in [0.15, 0.2) is 0 Å². The largest absolute Gasteiger partial charge is 0.398 e. The summed E-state index contributed by atoms with van der Waals surface area (Å²) >= 11 is 0. The highest BCUT2D eigenvalue weighted by molar-refractivity contribution is 5.91. The first kappa shape index (κ1) is 16.9. The number of pyridine rings is 2. The quantitative estimate of drug-likeness (QED) is 0.514. The van der Waals surface area contributed by atoms with Gasteiger partial charge in [0.1, 0.15) is 0 Å². The maximum atomic E-state index is 6.31. The molecule has 146 valence electrons. The van der Waals surface area contributed by atoms with Crippen molar-refractivity contribution in [3.05, 3.63) is 48.3 Å². The molecule has 3 N–H and O–H groups in total. The average Bonchev–Trinajstić information content (AvgIpc) is 3.36. The number of rotatable bonds is 2. The van der Waals surface area contributed by atoms with Gasteiger partial charge in [0.05, 0.1) is 22.2 Å². The Balaban J connectivity index is 1.37. The average molecular weight is 384 g/mol. The van der Waals surface area contributed by atoms with E-state index in [1.165, 1.54) is 25.0 Å². The summed E-state index contributed by atoms with van der Waals surface area (Å²) < 4.78 is 1.81. The molecule has 4 heterocycles. The lowest BCUT2D eigenvalue weighted by Gasteiger charge is -2.30. The Morgan fingerprint density at radius 3 is 2.76 bits per heavy atom. The van der Waals surface area contributed by atoms with Crippen LogP contribution < -0.4 is 11.1 Å². The van der Waals surface area contributed by atoms with Crippen LogP contribution in [-0.4, -0.2) is 31.8 Å². The van der Waals surface area contributed by atoms with E-state index in [4.69, 9.17) is 15.7 Å². The molecule has 1 aliphatic carbocycles. The molecule has 6 heteroatoms. The lowest BCUT2D eigenvalue weighted by atomic mass is 9.88. The molecule has 3 aromatic heterocycles. The van der Waals surface area contributed by atoms with Crippen molar-refractivity contribution < 1.29 is 0 Å². The van der Waals surface area contributed by atoms with Gasteiger partial charge in [0, 0.05) is 47.0 Å². The predicted molar refractivity (Wildman–Crippen MR) is 116 cm³/mol. The molecule has 1 saturated carbocycles. The van der Waals surface area contributed by atoms with Gasteiger partial charge in [-0.05, 0) is 68.6 Å². The molecule has 0 radical (unpaired) electrons. The topological polar surface area (TPSA) is 81.7 Å². The van der Waals surface area contributed by atoms with E-state index in [9.17, 15) is 0 Å². The first-order chi connectivity index (χ1) is 14.1. The van der Waals surface area contributed by atoms with Crippen LogP contribution in [0.3, 0.4) is 0 Å². The number of aromatic nitrogens is 4. The summed E-state index contributed by atoms with van der Waals surface area (Å²) in [7, 11) is 1.92. The molecule has 0 bridgehead atoms. The fourth-order valence-electron chi connectivity index (χ4n) is 4.78. The summed E-state index contributed by atoms with van der Waals surface area (Å²) in [6.45, 7) is 1.09. The van der Waals surface area contributed by atoms with Crippen LogP contribution in [0.15, 0.2) is 42.6 Å². The van der Waals surface area contributed by atoms with Crippen molar-refractivity contribution in [3.63, 3.8) is 0 Å². The van der Waals surface area contributed by atoms with E-state index < -0.39 is 0 Å².